The van der Waals surface area contributed by atoms with Gasteiger partial charge in [-0.15, -0.1) is 0 Å². The van der Waals surface area contributed by atoms with E-state index in [1.807, 2.05) is 12.1 Å². The molecule has 0 aliphatic heterocycles. The number of aryl methyl sites for hydroxylation is 1. The van der Waals surface area contributed by atoms with E-state index in [1.54, 1.807) is 19.1 Å². The van der Waals surface area contributed by atoms with E-state index in [0.717, 1.165) is 31.2 Å². The van der Waals surface area contributed by atoms with Gasteiger partial charge in [0.1, 0.15) is 5.76 Å². The third-order valence-electron chi connectivity index (χ3n) is 5.20. The van der Waals surface area contributed by atoms with Gasteiger partial charge in [0.05, 0.1) is 18.7 Å². The summed E-state index contributed by atoms with van der Waals surface area (Å²) in [4.78, 5) is 16.8. The third-order valence-corrected chi connectivity index (χ3v) is 5.44. The van der Waals surface area contributed by atoms with Crippen molar-refractivity contribution in [1.82, 2.24) is 10.3 Å². The number of nitrogens with one attached hydrogen (secondary N) is 1. The van der Waals surface area contributed by atoms with Crippen LogP contribution in [0.4, 0.5) is 0 Å². The van der Waals surface area contributed by atoms with Crippen LogP contribution in [0.2, 0.25) is 5.02 Å². The van der Waals surface area contributed by atoms with E-state index in [-0.39, 0.29) is 24.3 Å². The normalized spacial score (nSPS) is 16.4. The van der Waals surface area contributed by atoms with Gasteiger partial charge in [0.15, 0.2) is 0 Å². The Balaban J connectivity index is 1.62. The average Bonchev–Trinajstić information content (AvgIpc) is 3.01. The fourth-order valence-corrected chi connectivity index (χ4v) is 3.72. The molecule has 0 unspecified atom stereocenters. The molecule has 0 saturated heterocycles. The number of benzene rings is 1. The van der Waals surface area contributed by atoms with Crippen LogP contribution in [-0.4, -0.2) is 29.1 Å². The van der Waals surface area contributed by atoms with Gasteiger partial charge in [0, 0.05) is 22.5 Å². The van der Waals surface area contributed by atoms with Crippen molar-refractivity contribution in [2.24, 2.45) is 5.41 Å². The zero-order chi connectivity index (χ0) is 18.6. The highest BCUT2D eigenvalue weighted by Crippen LogP contribution is 2.35. The zero-order valence-corrected chi connectivity index (χ0v) is 15.8. The topological polar surface area (TPSA) is 75.4 Å². The number of hydrogen-bond acceptors (Lipinski definition) is 4. The standard InChI is InChI=1S/C20H25ClN2O3/c1-14-17(23-19(26-14)15-6-5-7-16(21)10-15)11-18(25)22-12-20(13-24)8-3-2-4-9-20/h5-7,10,24H,2-4,8-9,11-13H2,1H3,(H,22,25). The van der Waals surface area contributed by atoms with Crippen LogP contribution in [0.25, 0.3) is 11.5 Å². The highest BCUT2D eigenvalue weighted by Gasteiger charge is 2.31. The van der Waals surface area contributed by atoms with Crippen LogP contribution >= 0.6 is 11.6 Å². The van der Waals surface area contributed by atoms with E-state index < -0.39 is 0 Å². The van der Waals surface area contributed by atoms with Gasteiger partial charge in [-0.05, 0) is 38.0 Å². The Labute approximate surface area is 158 Å². The molecule has 2 aromatic rings. The van der Waals surface area contributed by atoms with Gasteiger partial charge in [-0.1, -0.05) is 36.9 Å². The number of halogens is 1. The molecule has 0 spiro atoms. The second-order valence-electron chi connectivity index (χ2n) is 7.20. The summed E-state index contributed by atoms with van der Waals surface area (Å²) in [5.74, 6) is 0.994. The summed E-state index contributed by atoms with van der Waals surface area (Å²) in [6, 6.07) is 7.28. The molecular weight excluding hydrogens is 352 g/mol. The second-order valence-corrected chi connectivity index (χ2v) is 7.64. The first kappa shape index (κ1) is 18.9. The van der Waals surface area contributed by atoms with E-state index in [2.05, 4.69) is 10.3 Å². The lowest BCUT2D eigenvalue weighted by Gasteiger charge is -2.35. The van der Waals surface area contributed by atoms with Crippen LogP contribution in [0.5, 0.6) is 0 Å². The third kappa shape index (κ3) is 4.46. The van der Waals surface area contributed by atoms with Crippen molar-refractivity contribution < 1.29 is 14.3 Å². The van der Waals surface area contributed by atoms with Crippen LogP contribution in [0.1, 0.15) is 43.6 Å². The summed E-state index contributed by atoms with van der Waals surface area (Å²) in [5, 5.41) is 13.3. The molecular formula is C20H25ClN2O3. The molecule has 1 saturated carbocycles. The molecule has 6 heteroatoms. The molecule has 2 N–H and O–H groups in total. The van der Waals surface area contributed by atoms with Gasteiger partial charge >= 0.3 is 0 Å². The summed E-state index contributed by atoms with van der Waals surface area (Å²) in [6.45, 7) is 2.44. The first-order valence-electron chi connectivity index (χ1n) is 9.11. The molecule has 1 aromatic carbocycles. The molecule has 140 valence electrons. The Morgan fingerprint density at radius 1 is 1.35 bits per heavy atom. The Bertz CT molecular complexity index is 766. The Morgan fingerprint density at radius 3 is 2.81 bits per heavy atom. The monoisotopic (exact) mass is 376 g/mol. The number of hydrogen-bond donors (Lipinski definition) is 2. The summed E-state index contributed by atoms with van der Waals surface area (Å²) in [5.41, 5.74) is 1.24. The Kier molecular flexibility index (Phi) is 5.99. The van der Waals surface area contributed by atoms with Crippen molar-refractivity contribution in [3.05, 3.63) is 40.7 Å². The van der Waals surface area contributed by atoms with E-state index in [4.69, 9.17) is 16.0 Å². The largest absolute Gasteiger partial charge is 0.441 e. The van der Waals surface area contributed by atoms with Gasteiger partial charge in [0.2, 0.25) is 11.8 Å². The maximum absolute atomic E-state index is 12.4. The summed E-state index contributed by atoms with van der Waals surface area (Å²) in [6.07, 6.45) is 5.53. The summed E-state index contributed by atoms with van der Waals surface area (Å²) < 4.78 is 5.70. The zero-order valence-electron chi connectivity index (χ0n) is 15.1. The maximum Gasteiger partial charge on any atom is 0.226 e. The molecule has 1 amide bonds. The fourth-order valence-electron chi connectivity index (χ4n) is 3.53. The van der Waals surface area contributed by atoms with Crippen LogP contribution in [0, 0.1) is 12.3 Å². The number of nitrogens with zero attached hydrogens (tertiary/aromatic N) is 1. The van der Waals surface area contributed by atoms with E-state index in [1.165, 1.54) is 6.42 Å². The van der Waals surface area contributed by atoms with Crippen LogP contribution in [-0.2, 0) is 11.2 Å². The number of carbonyl (C=O) groups excluding carboxylic acids is 1. The molecule has 0 radical (unpaired) electrons. The maximum atomic E-state index is 12.4. The van der Waals surface area contributed by atoms with E-state index in [9.17, 15) is 9.90 Å². The minimum absolute atomic E-state index is 0.0996. The second kappa shape index (κ2) is 8.23. The van der Waals surface area contributed by atoms with Gasteiger partial charge in [0.25, 0.3) is 0 Å². The van der Waals surface area contributed by atoms with Gasteiger partial charge in [-0.25, -0.2) is 4.98 Å². The summed E-state index contributed by atoms with van der Waals surface area (Å²) >= 11 is 6.01. The number of amides is 1. The Hall–Kier alpha value is -1.85. The van der Waals surface area contributed by atoms with Crippen molar-refractivity contribution in [3.8, 4) is 11.5 Å². The van der Waals surface area contributed by atoms with Gasteiger partial charge < -0.3 is 14.8 Å². The fraction of sp³-hybridized carbons (Fsp3) is 0.500. The molecule has 5 nitrogen and oxygen atoms in total. The van der Waals surface area contributed by atoms with Gasteiger partial charge in [-0.3, -0.25) is 4.79 Å². The lowest BCUT2D eigenvalue weighted by Crippen LogP contribution is -2.41. The first-order chi connectivity index (χ1) is 12.5. The minimum Gasteiger partial charge on any atom is -0.441 e. The average molecular weight is 377 g/mol. The summed E-state index contributed by atoms with van der Waals surface area (Å²) in [7, 11) is 0. The van der Waals surface area contributed by atoms with Crippen molar-refractivity contribution >= 4 is 17.5 Å². The molecule has 3 rings (SSSR count). The van der Waals surface area contributed by atoms with Crippen LogP contribution < -0.4 is 5.32 Å². The quantitative estimate of drug-likeness (QED) is 0.801. The minimum atomic E-state index is -0.168. The smallest absolute Gasteiger partial charge is 0.226 e. The van der Waals surface area contributed by atoms with E-state index >= 15 is 0 Å². The molecule has 1 aliphatic rings. The number of oxazole rings is 1. The molecule has 1 heterocycles. The predicted molar refractivity (Wildman–Crippen MR) is 101 cm³/mol. The van der Waals surface area contributed by atoms with Crippen molar-refractivity contribution in [2.45, 2.75) is 45.4 Å². The van der Waals surface area contributed by atoms with Crippen molar-refractivity contribution in [3.63, 3.8) is 0 Å². The number of aliphatic hydroxyl groups is 1. The van der Waals surface area contributed by atoms with Crippen molar-refractivity contribution in [2.75, 3.05) is 13.2 Å². The molecule has 0 atom stereocenters. The molecule has 1 fully saturated rings. The van der Waals surface area contributed by atoms with E-state index in [0.29, 0.717) is 28.9 Å². The Morgan fingerprint density at radius 2 is 2.12 bits per heavy atom. The SMILES string of the molecule is Cc1oc(-c2cccc(Cl)c2)nc1CC(=O)NCC1(CO)CCCCC1. The van der Waals surface area contributed by atoms with Crippen LogP contribution in [0.15, 0.2) is 28.7 Å². The van der Waals surface area contributed by atoms with Crippen LogP contribution in [0.3, 0.4) is 0 Å². The number of aromatic nitrogens is 1. The lowest BCUT2D eigenvalue weighted by atomic mass is 9.74. The predicted octanol–water partition coefficient (Wildman–Crippen LogP) is 3.90. The molecule has 1 aliphatic carbocycles. The highest BCUT2D eigenvalue weighted by atomic mass is 35.5. The number of aliphatic hydroxyl groups excluding tert-OH is 1. The molecule has 1 aromatic heterocycles. The molecule has 26 heavy (non-hydrogen) atoms. The lowest BCUT2D eigenvalue weighted by molar-refractivity contribution is -0.121. The first-order valence-corrected chi connectivity index (χ1v) is 9.49. The highest BCUT2D eigenvalue weighted by molar-refractivity contribution is 6.30. The molecule has 0 bridgehead atoms. The number of rotatable bonds is 6. The number of carbonyl (C=O) groups is 1. The van der Waals surface area contributed by atoms with Gasteiger partial charge in [-0.2, -0.15) is 0 Å². The van der Waals surface area contributed by atoms with Crippen molar-refractivity contribution in [1.29, 1.82) is 0 Å².